The van der Waals surface area contributed by atoms with Crippen molar-refractivity contribution < 1.29 is 13.2 Å². The van der Waals surface area contributed by atoms with Crippen molar-refractivity contribution in [1.82, 2.24) is 9.97 Å². The van der Waals surface area contributed by atoms with Crippen LogP contribution in [0, 0.1) is 0 Å². The number of rotatable bonds is 4. The van der Waals surface area contributed by atoms with Gasteiger partial charge in [-0.3, -0.25) is 0 Å². The SMILES string of the molecule is CC(C)c1nc(Cl)cc(N(CC(F)(F)F)C2CC2)n1. The lowest BCUT2D eigenvalue weighted by Crippen LogP contribution is -2.36. The Balaban J connectivity index is 2.31. The van der Waals surface area contributed by atoms with Crippen LogP contribution < -0.4 is 4.90 Å². The second kappa shape index (κ2) is 5.15. The predicted molar refractivity (Wildman–Crippen MR) is 67.6 cm³/mol. The van der Waals surface area contributed by atoms with E-state index in [-0.39, 0.29) is 22.9 Å². The maximum absolute atomic E-state index is 12.6. The molecule has 0 atom stereocenters. The highest BCUT2D eigenvalue weighted by Crippen LogP contribution is 2.34. The van der Waals surface area contributed by atoms with Crippen molar-refractivity contribution in [2.45, 2.75) is 44.8 Å². The molecule has 1 heterocycles. The maximum atomic E-state index is 12.6. The van der Waals surface area contributed by atoms with Crippen molar-refractivity contribution >= 4 is 17.4 Å². The highest BCUT2D eigenvalue weighted by Gasteiger charge is 2.39. The van der Waals surface area contributed by atoms with Gasteiger partial charge < -0.3 is 4.90 Å². The normalized spacial score (nSPS) is 15.9. The molecule has 1 aliphatic carbocycles. The average Bonchev–Trinajstić information content (AvgIpc) is 3.07. The molecule has 0 N–H and O–H groups in total. The van der Waals surface area contributed by atoms with Gasteiger partial charge in [-0.2, -0.15) is 13.2 Å². The van der Waals surface area contributed by atoms with E-state index in [2.05, 4.69) is 9.97 Å². The highest BCUT2D eigenvalue weighted by atomic mass is 35.5. The first kappa shape index (κ1) is 14.4. The molecular formula is C12H15ClF3N3. The minimum absolute atomic E-state index is 0.0180. The quantitative estimate of drug-likeness (QED) is 0.791. The minimum Gasteiger partial charge on any atom is -0.344 e. The third kappa shape index (κ3) is 3.96. The van der Waals surface area contributed by atoms with Crippen molar-refractivity contribution in [3.05, 3.63) is 17.0 Å². The zero-order valence-electron chi connectivity index (χ0n) is 10.7. The molecule has 1 fully saturated rings. The van der Waals surface area contributed by atoms with Crippen LogP contribution >= 0.6 is 11.6 Å². The van der Waals surface area contributed by atoms with Crippen LogP contribution in [0.1, 0.15) is 38.4 Å². The van der Waals surface area contributed by atoms with Crippen LogP contribution in [0.2, 0.25) is 5.15 Å². The van der Waals surface area contributed by atoms with Gasteiger partial charge in [-0.05, 0) is 12.8 Å². The van der Waals surface area contributed by atoms with E-state index in [9.17, 15) is 13.2 Å². The maximum Gasteiger partial charge on any atom is 0.405 e. The highest BCUT2D eigenvalue weighted by molar-refractivity contribution is 6.29. The Morgan fingerprint density at radius 1 is 1.37 bits per heavy atom. The van der Waals surface area contributed by atoms with Gasteiger partial charge in [0.2, 0.25) is 0 Å². The largest absolute Gasteiger partial charge is 0.405 e. The van der Waals surface area contributed by atoms with Gasteiger partial charge >= 0.3 is 6.18 Å². The van der Waals surface area contributed by atoms with Crippen LogP contribution in [-0.4, -0.2) is 28.7 Å². The third-order valence-corrected chi connectivity index (χ3v) is 3.04. The number of halogens is 4. The monoisotopic (exact) mass is 293 g/mol. The predicted octanol–water partition coefficient (Wildman–Crippen LogP) is 3.78. The van der Waals surface area contributed by atoms with Crippen LogP contribution in [0.3, 0.4) is 0 Å². The molecule has 0 aliphatic heterocycles. The molecule has 0 unspecified atom stereocenters. The summed E-state index contributed by atoms with van der Waals surface area (Å²) in [6, 6.07) is 1.31. The topological polar surface area (TPSA) is 29.0 Å². The van der Waals surface area contributed by atoms with Crippen LogP contribution in [0.5, 0.6) is 0 Å². The van der Waals surface area contributed by atoms with Crippen LogP contribution in [-0.2, 0) is 0 Å². The second-order valence-electron chi connectivity index (χ2n) is 5.04. The fourth-order valence-electron chi connectivity index (χ4n) is 1.80. The average molecular weight is 294 g/mol. The van der Waals surface area contributed by atoms with Gasteiger partial charge in [-0.15, -0.1) is 0 Å². The van der Waals surface area contributed by atoms with Crippen molar-refractivity contribution in [1.29, 1.82) is 0 Å². The van der Waals surface area contributed by atoms with Crippen LogP contribution in [0.4, 0.5) is 19.0 Å². The second-order valence-corrected chi connectivity index (χ2v) is 5.42. The standard InChI is InChI=1S/C12H15ClF3N3/c1-7(2)11-17-9(13)5-10(18-11)19(8-3-4-8)6-12(14,15)16/h5,7-8H,3-4,6H2,1-2H3. The first-order valence-corrected chi connectivity index (χ1v) is 6.52. The smallest absolute Gasteiger partial charge is 0.344 e. The van der Waals surface area contributed by atoms with Crippen LogP contribution in [0.25, 0.3) is 0 Å². The summed E-state index contributed by atoms with van der Waals surface area (Å²) in [6.07, 6.45) is -2.73. The van der Waals surface area contributed by atoms with Gasteiger partial charge in [0, 0.05) is 18.0 Å². The summed E-state index contributed by atoms with van der Waals surface area (Å²) in [7, 11) is 0. The van der Waals surface area contributed by atoms with Crippen LogP contribution in [0.15, 0.2) is 6.07 Å². The summed E-state index contributed by atoms with van der Waals surface area (Å²) in [5.74, 6) is 0.753. The molecule has 0 spiro atoms. The van der Waals surface area contributed by atoms with E-state index in [0.29, 0.717) is 5.82 Å². The van der Waals surface area contributed by atoms with E-state index >= 15 is 0 Å². The molecule has 7 heteroatoms. The van der Waals surface area contributed by atoms with Gasteiger partial charge in [0.05, 0.1) is 0 Å². The van der Waals surface area contributed by atoms with Crippen molar-refractivity contribution in [3.63, 3.8) is 0 Å². The molecule has 1 aliphatic rings. The van der Waals surface area contributed by atoms with Crippen molar-refractivity contribution in [3.8, 4) is 0 Å². The number of aromatic nitrogens is 2. The minimum atomic E-state index is -4.25. The summed E-state index contributed by atoms with van der Waals surface area (Å²) in [4.78, 5) is 9.52. The molecule has 0 saturated heterocycles. The number of anilines is 1. The van der Waals surface area contributed by atoms with Gasteiger partial charge in [-0.25, -0.2) is 9.97 Å². The zero-order chi connectivity index (χ0) is 14.2. The van der Waals surface area contributed by atoms with Crippen molar-refractivity contribution in [2.24, 2.45) is 0 Å². The Hall–Kier alpha value is -1.04. The fraction of sp³-hybridized carbons (Fsp3) is 0.667. The van der Waals surface area contributed by atoms with Gasteiger partial charge in [0.25, 0.3) is 0 Å². The van der Waals surface area contributed by atoms with E-state index in [0.717, 1.165) is 12.8 Å². The molecule has 0 aromatic carbocycles. The van der Waals surface area contributed by atoms with E-state index < -0.39 is 12.7 Å². The summed E-state index contributed by atoms with van der Waals surface area (Å²) in [5.41, 5.74) is 0. The first-order chi connectivity index (χ1) is 8.76. The number of nitrogens with zero attached hydrogens (tertiary/aromatic N) is 3. The Kier molecular flexibility index (Phi) is 3.90. The van der Waals surface area contributed by atoms with E-state index in [4.69, 9.17) is 11.6 Å². The molecule has 19 heavy (non-hydrogen) atoms. The number of hydrogen-bond donors (Lipinski definition) is 0. The number of alkyl halides is 3. The summed E-state index contributed by atoms with van der Waals surface area (Å²) in [6.45, 7) is 2.75. The Morgan fingerprint density at radius 3 is 2.47 bits per heavy atom. The molecular weight excluding hydrogens is 279 g/mol. The Labute approximate surface area is 114 Å². The molecule has 3 nitrogen and oxygen atoms in total. The number of hydrogen-bond acceptors (Lipinski definition) is 3. The van der Waals surface area contributed by atoms with Crippen molar-refractivity contribution in [2.75, 3.05) is 11.4 Å². The summed E-state index contributed by atoms with van der Waals surface area (Å²) >= 11 is 5.88. The van der Waals surface area contributed by atoms with Gasteiger partial charge in [0.1, 0.15) is 23.3 Å². The lowest BCUT2D eigenvalue weighted by molar-refractivity contribution is -0.120. The molecule has 0 bridgehead atoms. The lowest BCUT2D eigenvalue weighted by Gasteiger charge is -2.25. The lowest BCUT2D eigenvalue weighted by atomic mass is 10.2. The molecule has 1 aromatic rings. The van der Waals surface area contributed by atoms with E-state index in [1.807, 2.05) is 13.8 Å². The molecule has 2 rings (SSSR count). The molecule has 1 saturated carbocycles. The zero-order valence-corrected chi connectivity index (χ0v) is 11.5. The first-order valence-electron chi connectivity index (χ1n) is 6.14. The molecule has 0 amide bonds. The Bertz CT molecular complexity index is 458. The Morgan fingerprint density at radius 2 is 2.00 bits per heavy atom. The molecule has 106 valence electrons. The van der Waals surface area contributed by atoms with Gasteiger partial charge in [-0.1, -0.05) is 25.4 Å². The van der Waals surface area contributed by atoms with E-state index in [1.54, 1.807) is 0 Å². The molecule has 0 radical (unpaired) electrons. The van der Waals surface area contributed by atoms with E-state index in [1.165, 1.54) is 11.0 Å². The summed E-state index contributed by atoms with van der Waals surface area (Å²) in [5, 5.41) is 0.182. The molecule has 1 aromatic heterocycles. The third-order valence-electron chi connectivity index (χ3n) is 2.85. The fourth-order valence-corrected chi connectivity index (χ4v) is 1.99. The summed E-state index contributed by atoms with van der Waals surface area (Å²) < 4.78 is 37.9. The van der Waals surface area contributed by atoms with Gasteiger partial charge in [0.15, 0.2) is 0 Å².